The van der Waals surface area contributed by atoms with Gasteiger partial charge in [0.1, 0.15) is 0 Å². The highest BCUT2D eigenvalue weighted by atomic mass is 16.4. The number of carboxylic acids is 1. The fourth-order valence-electron chi connectivity index (χ4n) is 1.63. The number of carbonyl (C=O) groups is 1. The number of hydrogen-bond donors (Lipinski definition) is 1. The molecule has 16 heavy (non-hydrogen) atoms. The molecule has 0 radical (unpaired) electrons. The van der Waals surface area contributed by atoms with Crippen molar-refractivity contribution in [2.24, 2.45) is 0 Å². The SMILES string of the molecule is CCCN(CCC(=O)O)c1ccc(C)cc1. The summed E-state index contributed by atoms with van der Waals surface area (Å²) in [4.78, 5) is 12.7. The third-order valence-electron chi connectivity index (χ3n) is 2.49. The summed E-state index contributed by atoms with van der Waals surface area (Å²) >= 11 is 0. The van der Waals surface area contributed by atoms with Crippen LogP contribution in [0, 0.1) is 6.92 Å². The molecule has 1 N–H and O–H groups in total. The lowest BCUT2D eigenvalue weighted by Crippen LogP contribution is -2.26. The smallest absolute Gasteiger partial charge is 0.305 e. The van der Waals surface area contributed by atoms with Gasteiger partial charge in [0.15, 0.2) is 0 Å². The molecule has 0 unspecified atom stereocenters. The first-order valence-electron chi connectivity index (χ1n) is 5.67. The molecule has 0 amide bonds. The molecular weight excluding hydrogens is 202 g/mol. The second kappa shape index (κ2) is 6.16. The number of aliphatic carboxylic acids is 1. The van der Waals surface area contributed by atoms with Gasteiger partial charge in [0.05, 0.1) is 6.42 Å². The van der Waals surface area contributed by atoms with Crippen molar-refractivity contribution in [3.05, 3.63) is 29.8 Å². The number of carboxylic acid groups (broad SMARTS) is 1. The van der Waals surface area contributed by atoms with Crippen molar-refractivity contribution in [3.8, 4) is 0 Å². The van der Waals surface area contributed by atoms with Crippen molar-refractivity contribution in [1.29, 1.82) is 0 Å². The molecule has 0 bridgehead atoms. The molecule has 0 fully saturated rings. The molecule has 0 aliphatic heterocycles. The Hall–Kier alpha value is -1.51. The molecule has 0 spiro atoms. The zero-order valence-electron chi connectivity index (χ0n) is 9.94. The van der Waals surface area contributed by atoms with Gasteiger partial charge in [-0.3, -0.25) is 4.79 Å². The summed E-state index contributed by atoms with van der Waals surface area (Å²) in [5, 5.41) is 8.69. The van der Waals surface area contributed by atoms with Crippen molar-refractivity contribution in [2.75, 3.05) is 18.0 Å². The number of anilines is 1. The van der Waals surface area contributed by atoms with Gasteiger partial charge in [0.2, 0.25) is 0 Å². The molecule has 0 saturated heterocycles. The fraction of sp³-hybridized carbons (Fsp3) is 0.462. The average Bonchev–Trinajstić information content (AvgIpc) is 2.25. The van der Waals surface area contributed by atoms with Crippen molar-refractivity contribution in [3.63, 3.8) is 0 Å². The van der Waals surface area contributed by atoms with E-state index in [1.165, 1.54) is 5.56 Å². The third kappa shape index (κ3) is 3.93. The molecule has 0 atom stereocenters. The number of benzene rings is 1. The molecule has 0 heterocycles. The number of rotatable bonds is 6. The van der Waals surface area contributed by atoms with Gasteiger partial charge in [0, 0.05) is 18.8 Å². The summed E-state index contributed by atoms with van der Waals surface area (Å²) in [6.07, 6.45) is 1.21. The first-order valence-corrected chi connectivity index (χ1v) is 5.67. The predicted octanol–water partition coefficient (Wildman–Crippen LogP) is 2.69. The highest BCUT2D eigenvalue weighted by Gasteiger charge is 2.07. The predicted molar refractivity (Wildman–Crippen MR) is 65.9 cm³/mol. The topological polar surface area (TPSA) is 40.5 Å². The first kappa shape index (κ1) is 12.6. The second-order valence-electron chi connectivity index (χ2n) is 3.97. The van der Waals surface area contributed by atoms with Crippen LogP contribution >= 0.6 is 0 Å². The third-order valence-corrected chi connectivity index (χ3v) is 2.49. The summed E-state index contributed by atoms with van der Waals surface area (Å²) in [5.41, 5.74) is 2.33. The maximum atomic E-state index is 10.6. The van der Waals surface area contributed by atoms with E-state index in [2.05, 4.69) is 24.0 Å². The van der Waals surface area contributed by atoms with Crippen molar-refractivity contribution >= 4 is 11.7 Å². The highest BCUT2D eigenvalue weighted by molar-refractivity contribution is 5.67. The second-order valence-corrected chi connectivity index (χ2v) is 3.97. The lowest BCUT2D eigenvalue weighted by Gasteiger charge is -2.23. The summed E-state index contributed by atoms with van der Waals surface area (Å²) < 4.78 is 0. The van der Waals surface area contributed by atoms with Crippen molar-refractivity contribution in [1.82, 2.24) is 0 Å². The van der Waals surface area contributed by atoms with Crippen LogP contribution < -0.4 is 4.90 Å². The van der Waals surface area contributed by atoms with E-state index < -0.39 is 5.97 Å². The van der Waals surface area contributed by atoms with Crippen LogP contribution in [0.3, 0.4) is 0 Å². The average molecular weight is 221 g/mol. The molecular formula is C13H19NO2. The first-order chi connectivity index (χ1) is 7.63. The van der Waals surface area contributed by atoms with Crippen molar-refractivity contribution < 1.29 is 9.90 Å². The van der Waals surface area contributed by atoms with Gasteiger partial charge in [-0.15, -0.1) is 0 Å². The minimum atomic E-state index is -0.742. The maximum Gasteiger partial charge on any atom is 0.305 e. The molecule has 0 aliphatic carbocycles. The number of nitrogens with zero attached hydrogens (tertiary/aromatic N) is 1. The van der Waals surface area contributed by atoms with Gasteiger partial charge >= 0.3 is 5.97 Å². The quantitative estimate of drug-likeness (QED) is 0.803. The van der Waals surface area contributed by atoms with E-state index in [0.717, 1.165) is 18.7 Å². The largest absolute Gasteiger partial charge is 0.481 e. The molecule has 0 aromatic heterocycles. The molecule has 1 rings (SSSR count). The maximum absolute atomic E-state index is 10.6. The molecule has 3 nitrogen and oxygen atoms in total. The Bertz CT molecular complexity index is 332. The van der Waals surface area contributed by atoms with E-state index >= 15 is 0 Å². The van der Waals surface area contributed by atoms with Gasteiger partial charge < -0.3 is 10.0 Å². The molecule has 1 aromatic rings. The Kier molecular flexibility index (Phi) is 4.83. The van der Waals surface area contributed by atoms with E-state index in [-0.39, 0.29) is 6.42 Å². The summed E-state index contributed by atoms with van der Waals surface area (Å²) in [6.45, 7) is 5.62. The summed E-state index contributed by atoms with van der Waals surface area (Å²) in [6, 6.07) is 8.21. The minimum Gasteiger partial charge on any atom is -0.481 e. The Balaban J connectivity index is 2.68. The summed E-state index contributed by atoms with van der Waals surface area (Å²) in [7, 11) is 0. The van der Waals surface area contributed by atoms with Crippen LogP contribution in [0.5, 0.6) is 0 Å². The lowest BCUT2D eigenvalue weighted by atomic mass is 10.2. The van der Waals surface area contributed by atoms with Crippen LogP contribution in [0.2, 0.25) is 0 Å². The van der Waals surface area contributed by atoms with Gasteiger partial charge in [-0.2, -0.15) is 0 Å². The Morgan fingerprint density at radius 3 is 2.38 bits per heavy atom. The zero-order valence-corrected chi connectivity index (χ0v) is 9.94. The fourth-order valence-corrected chi connectivity index (χ4v) is 1.63. The van der Waals surface area contributed by atoms with E-state index in [9.17, 15) is 4.79 Å². The zero-order chi connectivity index (χ0) is 12.0. The van der Waals surface area contributed by atoms with Gasteiger partial charge in [-0.1, -0.05) is 24.6 Å². The lowest BCUT2D eigenvalue weighted by molar-refractivity contribution is -0.136. The normalized spacial score (nSPS) is 10.1. The van der Waals surface area contributed by atoms with Crippen LogP contribution in [-0.2, 0) is 4.79 Å². The van der Waals surface area contributed by atoms with Gasteiger partial charge in [-0.25, -0.2) is 0 Å². The Labute approximate surface area is 96.7 Å². The van der Waals surface area contributed by atoms with Crippen LogP contribution in [0.4, 0.5) is 5.69 Å². The Morgan fingerprint density at radius 1 is 1.25 bits per heavy atom. The van der Waals surface area contributed by atoms with Crippen LogP contribution in [0.15, 0.2) is 24.3 Å². The number of aryl methyl sites for hydroxylation is 1. The standard InChI is InChI=1S/C13H19NO2/c1-3-9-14(10-8-13(15)16)12-6-4-11(2)5-7-12/h4-7H,3,8-10H2,1-2H3,(H,15,16). The van der Waals surface area contributed by atoms with Crippen molar-refractivity contribution in [2.45, 2.75) is 26.7 Å². The molecule has 88 valence electrons. The van der Waals surface area contributed by atoms with Crippen LogP contribution in [0.25, 0.3) is 0 Å². The van der Waals surface area contributed by atoms with Gasteiger partial charge in [-0.05, 0) is 25.5 Å². The van der Waals surface area contributed by atoms with E-state index in [4.69, 9.17) is 5.11 Å². The van der Waals surface area contributed by atoms with E-state index in [0.29, 0.717) is 6.54 Å². The molecule has 0 aliphatic rings. The highest BCUT2D eigenvalue weighted by Crippen LogP contribution is 2.15. The van der Waals surface area contributed by atoms with Gasteiger partial charge in [0.25, 0.3) is 0 Å². The van der Waals surface area contributed by atoms with Crippen LogP contribution in [-0.4, -0.2) is 24.2 Å². The Morgan fingerprint density at radius 2 is 1.88 bits per heavy atom. The summed E-state index contributed by atoms with van der Waals surface area (Å²) in [5.74, 6) is -0.742. The van der Waals surface area contributed by atoms with E-state index in [1.807, 2.05) is 19.1 Å². The van der Waals surface area contributed by atoms with E-state index in [1.54, 1.807) is 0 Å². The molecule has 1 aromatic carbocycles. The van der Waals surface area contributed by atoms with Crippen LogP contribution in [0.1, 0.15) is 25.3 Å². The number of hydrogen-bond acceptors (Lipinski definition) is 2. The molecule has 0 saturated carbocycles. The minimum absolute atomic E-state index is 0.188. The molecule has 3 heteroatoms. The monoisotopic (exact) mass is 221 g/mol.